The number of aromatic nitrogens is 4. The number of aromatic hydroxyl groups is 2. The number of benzene rings is 3. The molecule has 0 bridgehead atoms. The van der Waals surface area contributed by atoms with Gasteiger partial charge in [-0.25, -0.2) is 32.3 Å². The van der Waals surface area contributed by atoms with Gasteiger partial charge in [0.1, 0.15) is 18.7 Å². The first-order valence-electron chi connectivity index (χ1n) is 15.7. The number of nitrogens with zero attached hydrogens (tertiary/aromatic N) is 5. The van der Waals surface area contributed by atoms with Crippen LogP contribution in [0, 0.1) is 34.9 Å². The normalized spacial score (nSPS) is 12.3. The molecular weight excluding hydrogens is 702 g/mol. The maximum absolute atomic E-state index is 13.9. The third-order valence-corrected chi connectivity index (χ3v) is 7.41. The first-order valence-corrected chi connectivity index (χ1v) is 15.7. The second-order valence-corrected chi connectivity index (χ2v) is 10.7. The predicted octanol–water partition coefficient (Wildman–Crippen LogP) is 6.77. The van der Waals surface area contributed by atoms with Crippen molar-refractivity contribution in [1.82, 2.24) is 24.6 Å². The zero-order valence-corrected chi connectivity index (χ0v) is 27.9. The summed E-state index contributed by atoms with van der Waals surface area (Å²) in [6.07, 6.45) is 6.17. The third-order valence-electron chi connectivity index (χ3n) is 7.41. The summed E-state index contributed by atoms with van der Waals surface area (Å²) in [7, 11) is 1.43. The first-order chi connectivity index (χ1) is 24.9. The number of nitrogens with one attached hydrogen (secondary N) is 1. The highest BCUT2D eigenvalue weighted by molar-refractivity contribution is 5.93. The van der Waals surface area contributed by atoms with Crippen molar-refractivity contribution >= 4 is 34.3 Å². The van der Waals surface area contributed by atoms with Crippen molar-refractivity contribution < 1.29 is 55.6 Å². The van der Waals surface area contributed by atoms with Crippen LogP contribution in [0.3, 0.4) is 0 Å². The highest BCUT2D eigenvalue weighted by Gasteiger charge is 2.29. The Morgan fingerprint density at radius 2 is 1.52 bits per heavy atom. The minimum Gasteiger partial charge on any atom is -0.505 e. The lowest BCUT2D eigenvalue weighted by Gasteiger charge is -2.26. The van der Waals surface area contributed by atoms with Gasteiger partial charge >= 0.3 is 5.97 Å². The molecular formula is C34H32F6N6O6. The summed E-state index contributed by atoms with van der Waals surface area (Å²) in [5.41, 5.74) is 0.262. The highest BCUT2D eigenvalue weighted by Crippen LogP contribution is 2.35. The van der Waals surface area contributed by atoms with Crippen LogP contribution in [0.4, 0.5) is 37.8 Å². The SMILES string of the molecule is CC.COc1cc2ncnc(Nc3cccc(O)c3F)c2cc1O.O=C(Oc1c(F)c(F)c(F)c(F)c1F)c1cnn(CC(=O)N2CCCCC2)c1. The number of hydrogen-bond donors (Lipinski definition) is 3. The molecule has 5 aromatic rings. The Morgan fingerprint density at radius 3 is 2.17 bits per heavy atom. The van der Waals surface area contributed by atoms with Crippen LogP contribution in [0.15, 0.2) is 49.1 Å². The first kappa shape index (κ1) is 38.7. The van der Waals surface area contributed by atoms with Gasteiger partial charge in [-0.1, -0.05) is 19.9 Å². The van der Waals surface area contributed by atoms with Gasteiger partial charge in [0.25, 0.3) is 0 Å². The van der Waals surface area contributed by atoms with Crippen LogP contribution in [-0.2, 0) is 11.3 Å². The fourth-order valence-electron chi connectivity index (χ4n) is 4.84. The van der Waals surface area contributed by atoms with Crippen molar-refractivity contribution in [2.75, 3.05) is 25.5 Å². The fourth-order valence-corrected chi connectivity index (χ4v) is 4.84. The number of phenolic OH excluding ortho intramolecular Hbond substituents is 2. The molecule has 18 heteroatoms. The maximum Gasteiger partial charge on any atom is 0.346 e. The lowest BCUT2D eigenvalue weighted by Crippen LogP contribution is -2.37. The topological polar surface area (TPSA) is 152 Å². The van der Waals surface area contributed by atoms with E-state index >= 15 is 0 Å². The van der Waals surface area contributed by atoms with E-state index < -0.39 is 52.4 Å². The molecule has 0 unspecified atom stereocenters. The monoisotopic (exact) mass is 734 g/mol. The maximum atomic E-state index is 13.9. The van der Waals surface area contributed by atoms with E-state index in [-0.39, 0.29) is 35.2 Å². The number of likely N-dealkylation sites (tertiary alicyclic amines) is 1. The zero-order valence-electron chi connectivity index (χ0n) is 27.9. The van der Waals surface area contributed by atoms with E-state index in [1.54, 1.807) is 11.0 Å². The van der Waals surface area contributed by atoms with Gasteiger partial charge < -0.3 is 29.9 Å². The van der Waals surface area contributed by atoms with Gasteiger partial charge in [-0.3, -0.25) is 9.48 Å². The van der Waals surface area contributed by atoms with Crippen molar-refractivity contribution in [2.45, 2.75) is 39.7 Å². The van der Waals surface area contributed by atoms with Gasteiger partial charge in [0.05, 0.1) is 30.1 Å². The van der Waals surface area contributed by atoms with Crippen molar-refractivity contribution in [3.05, 3.63) is 89.5 Å². The van der Waals surface area contributed by atoms with E-state index in [2.05, 4.69) is 25.1 Å². The number of carbonyl (C=O) groups excluding carboxylic acids is 2. The lowest BCUT2D eigenvalue weighted by molar-refractivity contribution is -0.132. The molecule has 0 aliphatic carbocycles. The van der Waals surface area contributed by atoms with Crippen LogP contribution in [0.5, 0.6) is 23.0 Å². The number of carbonyl (C=O) groups is 2. The number of halogens is 6. The molecule has 1 saturated heterocycles. The second kappa shape index (κ2) is 17.2. The minimum absolute atomic E-state index is 0.0651. The minimum atomic E-state index is -2.36. The number of fused-ring (bicyclic) bond motifs is 1. The molecule has 1 aliphatic heterocycles. The van der Waals surface area contributed by atoms with Gasteiger partial charge in [0.15, 0.2) is 23.1 Å². The smallest absolute Gasteiger partial charge is 0.346 e. The summed E-state index contributed by atoms with van der Waals surface area (Å²) >= 11 is 0. The van der Waals surface area contributed by atoms with Crippen molar-refractivity contribution in [1.29, 1.82) is 0 Å². The quantitative estimate of drug-likeness (QED) is 0.0537. The molecule has 2 aromatic heterocycles. The summed E-state index contributed by atoms with van der Waals surface area (Å²) in [6, 6.07) is 7.19. The van der Waals surface area contributed by atoms with Crippen molar-refractivity contribution in [3.8, 4) is 23.0 Å². The number of hydrogen-bond acceptors (Lipinski definition) is 10. The van der Waals surface area contributed by atoms with Gasteiger partial charge in [-0.05, 0) is 37.5 Å². The number of anilines is 2. The predicted molar refractivity (Wildman–Crippen MR) is 174 cm³/mol. The van der Waals surface area contributed by atoms with Crippen LogP contribution < -0.4 is 14.8 Å². The van der Waals surface area contributed by atoms with Gasteiger partial charge in [0, 0.05) is 30.7 Å². The van der Waals surface area contributed by atoms with E-state index in [1.807, 2.05) is 13.8 Å². The molecule has 6 rings (SSSR count). The Kier molecular flexibility index (Phi) is 12.8. The average molecular weight is 735 g/mol. The zero-order chi connectivity index (χ0) is 38.1. The van der Waals surface area contributed by atoms with E-state index in [1.165, 1.54) is 37.7 Å². The molecule has 3 heterocycles. The number of rotatable bonds is 7. The Balaban J connectivity index is 0.000000228. The second-order valence-electron chi connectivity index (χ2n) is 10.7. The fraction of sp³-hybridized carbons (Fsp3) is 0.265. The summed E-state index contributed by atoms with van der Waals surface area (Å²) in [5.74, 6) is -15.4. The summed E-state index contributed by atoms with van der Waals surface area (Å²) in [6.45, 7) is 5.07. The number of ether oxygens (including phenoxy) is 2. The summed E-state index contributed by atoms with van der Waals surface area (Å²) < 4.78 is 90.9. The molecule has 0 radical (unpaired) electrons. The number of piperidine rings is 1. The molecule has 0 atom stereocenters. The van der Waals surface area contributed by atoms with E-state index in [0.717, 1.165) is 36.3 Å². The van der Waals surface area contributed by atoms with E-state index in [9.17, 15) is 46.1 Å². The molecule has 12 nitrogen and oxygen atoms in total. The molecule has 3 N–H and O–H groups in total. The van der Waals surface area contributed by atoms with Gasteiger partial charge in [0.2, 0.25) is 40.7 Å². The number of amides is 1. The highest BCUT2D eigenvalue weighted by atomic mass is 19.2. The number of phenols is 2. The standard InChI is InChI=1S/C17H14F5N3O3.C15H12FN3O3.C2H6/c18-11-12(19)14(21)16(15(22)13(11)20)28-17(27)9-6-23-25(7-9)8-10(26)24-4-2-1-3-5-24;1-22-13-6-10-8(5-12(13)21)15(18-7-17-10)19-9-3-2-4-11(20)14(9)16;1-2/h6-7H,1-5,8H2;2-7,20-21H,1H3,(H,17,18,19);1-2H3. The van der Waals surface area contributed by atoms with Crippen LogP contribution in [0.1, 0.15) is 43.5 Å². The van der Waals surface area contributed by atoms with Crippen LogP contribution in [-0.4, -0.2) is 66.9 Å². The van der Waals surface area contributed by atoms with Crippen molar-refractivity contribution in [2.24, 2.45) is 0 Å². The molecule has 1 fully saturated rings. The third kappa shape index (κ3) is 8.62. The lowest BCUT2D eigenvalue weighted by atomic mass is 10.1. The van der Waals surface area contributed by atoms with Crippen LogP contribution in [0.2, 0.25) is 0 Å². The Hall–Kier alpha value is -6.07. The van der Waals surface area contributed by atoms with E-state index in [4.69, 9.17) is 4.74 Å². The van der Waals surface area contributed by atoms with Crippen LogP contribution >= 0.6 is 0 Å². The number of esters is 1. The van der Waals surface area contributed by atoms with Gasteiger partial charge in [-0.15, -0.1) is 0 Å². The van der Waals surface area contributed by atoms with Crippen LogP contribution in [0.25, 0.3) is 10.9 Å². The van der Waals surface area contributed by atoms with E-state index in [0.29, 0.717) is 29.8 Å². The Morgan fingerprint density at radius 1 is 0.865 bits per heavy atom. The average Bonchev–Trinajstić information content (AvgIpc) is 3.63. The molecule has 1 aliphatic rings. The Bertz CT molecular complexity index is 2050. The molecule has 1 amide bonds. The molecule has 0 spiro atoms. The largest absolute Gasteiger partial charge is 0.505 e. The van der Waals surface area contributed by atoms with Gasteiger partial charge in [-0.2, -0.15) is 13.9 Å². The molecule has 52 heavy (non-hydrogen) atoms. The number of methoxy groups -OCH3 is 1. The summed E-state index contributed by atoms with van der Waals surface area (Å²) in [4.78, 5) is 33.9. The Labute approximate surface area is 292 Å². The molecule has 3 aromatic carbocycles. The molecule has 276 valence electrons. The summed E-state index contributed by atoms with van der Waals surface area (Å²) in [5, 5.41) is 26.3. The van der Waals surface area contributed by atoms with Crippen molar-refractivity contribution in [3.63, 3.8) is 0 Å². The molecule has 0 saturated carbocycles.